The predicted octanol–water partition coefficient (Wildman–Crippen LogP) is 2.40. The minimum Gasteiger partial charge on any atom is -0.390 e. The number of rotatable bonds is 4. The molecule has 0 radical (unpaired) electrons. The molecule has 0 unspecified atom stereocenters. The number of allylic oxidation sites excluding steroid dienone is 2. The molecule has 0 amide bonds. The molecule has 0 heterocycles. The number of hydrogen-bond acceptors (Lipinski definition) is 2. The fourth-order valence-electron chi connectivity index (χ4n) is 0.982. The van der Waals surface area contributed by atoms with Crippen LogP contribution in [0.4, 0.5) is 0 Å². The summed E-state index contributed by atoms with van der Waals surface area (Å²) in [6.45, 7) is 5.54. The normalized spacial score (nSPS) is 12.8. The maximum atomic E-state index is 9.38. The van der Waals surface area contributed by atoms with E-state index in [9.17, 15) is 5.11 Å². The van der Waals surface area contributed by atoms with Gasteiger partial charge in [0.05, 0.1) is 11.7 Å². The molecule has 0 spiro atoms. The zero-order valence-corrected chi connectivity index (χ0v) is 8.09. The SMILES string of the molecule is CC(=CC#N)CCCC(C)(C)O. The van der Waals surface area contributed by atoms with Crippen molar-refractivity contribution in [1.82, 2.24) is 0 Å². The first-order valence-corrected chi connectivity index (χ1v) is 4.23. The average Bonchev–Trinajstić information content (AvgIpc) is 1.84. The summed E-state index contributed by atoms with van der Waals surface area (Å²) in [5.41, 5.74) is 0.508. The molecule has 0 aromatic rings. The Bertz CT molecular complexity index is 193. The van der Waals surface area contributed by atoms with E-state index < -0.39 is 5.60 Å². The molecular weight excluding hydrogens is 150 g/mol. The first kappa shape index (κ1) is 11.2. The lowest BCUT2D eigenvalue weighted by molar-refractivity contribution is 0.0689. The van der Waals surface area contributed by atoms with Gasteiger partial charge in [-0.15, -0.1) is 0 Å². The van der Waals surface area contributed by atoms with Crippen LogP contribution in [0.2, 0.25) is 0 Å². The van der Waals surface area contributed by atoms with Crippen LogP contribution in [0, 0.1) is 11.3 Å². The van der Waals surface area contributed by atoms with Crippen molar-refractivity contribution in [3.8, 4) is 6.07 Å². The number of nitriles is 1. The molecule has 0 aliphatic heterocycles. The molecule has 0 aliphatic rings. The molecule has 0 saturated carbocycles. The Labute approximate surface area is 74.5 Å². The first-order valence-electron chi connectivity index (χ1n) is 4.23. The second kappa shape index (κ2) is 4.95. The zero-order chi connectivity index (χ0) is 9.61. The summed E-state index contributed by atoms with van der Waals surface area (Å²) in [5, 5.41) is 17.7. The van der Waals surface area contributed by atoms with Gasteiger partial charge in [-0.1, -0.05) is 5.57 Å². The van der Waals surface area contributed by atoms with Crippen LogP contribution in [0.1, 0.15) is 40.0 Å². The first-order chi connectivity index (χ1) is 5.45. The molecule has 0 bridgehead atoms. The van der Waals surface area contributed by atoms with Gasteiger partial charge in [0.25, 0.3) is 0 Å². The maximum Gasteiger partial charge on any atom is 0.0911 e. The van der Waals surface area contributed by atoms with E-state index >= 15 is 0 Å². The second-order valence-corrected chi connectivity index (χ2v) is 3.79. The van der Waals surface area contributed by atoms with E-state index in [0.717, 1.165) is 24.8 Å². The van der Waals surface area contributed by atoms with E-state index in [0.29, 0.717) is 0 Å². The molecule has 0 aromatic carbocycles. The Morgan fingerprint density at radius 1 is 1.58 bits per heavy atom. The Balaban J connectivity index is 3.59. The number of nitrogens with zero attached hydrogens (tertiary/aromatic N) is 1. The van der Waals surface area contributed by atoms with Crippen molar-refractivity contribution < 1.29 is 5.11 Å². The molecule has 12 heavy (non-hydrogen) atoms. The third-order valence-electron chi connectivity index (χ3n) is 1.67. The molecule has 0 rings (SSSR count). The van der Waals surface area contributed by atoms with Gasteiger partial charge in [0, 0.05) is 6.08 Å². The van der Waals surface area contributed by atoms with Gasteiger partial charge in [-0.25, -0.2) is 0 Å². The third-order valence-corrected chi connectivity index (χ3v) is 1.67. The molecule has 68 valence electrons. The van der Waals surface area contributed by atoms with Gasteiger partial charge in [0.1, 0.15) is 0 Å². The van der Waals surface area contributed by atoms with Crippen LogP contribution in [0.25, 0.3) is 0 Å². The van der Waals surface area contributed by atoms with Gasteiger partial charge < -0.3 is 5.11 Å². The van der Waals surface area contributed by atoms with Crippen molar-refractivity contribution in [2.75, 3.05) is 0 Å². The van der Waals surface area contributed by atoms with Gasteiger partial charge in [-0.05, 0) is 40.0 Å². The minimum absolute atomic E-state index is 0.576. The van der Waals surface area contributed by atoms with E-state index in [4.69, 9.17) is 5.26 Å². The lowest BCUT2D eigenvalue weighted by Gasteiger charge is -2.16. The van der Waals surface area contributed by atoms with Crippen molar-refractivity contribution in [3.05, 3.63) is 11.6 Å². The predicted molar refractivity (Wildman–Crippen MR) is 49.5 cm³/mol. The Morgan fingerprint density at radius 3 is 2.58 bits per heavy atom. The van der Waals surface area contributed by atoms with Gasteiger partial charge in [-0.3, -0.25) is 0 Å². The fourth-order valence-corrected chi connectivity index (χ4v) is 0.982. The molecule has 1 N–H and O–H groups in total. The summed E-state index contributed by atoms with van der Waals surface area (Å²) in [4.78, 5) is 0. The topological polar surface area (TPSA) is 44.0 Å². The largest absolute Gasteiger partial charge is 0.390 e. The highest BCUT2D eigenvalue weighted by Gasteiger charge is 2.10. The third kappa shape index (κ3) is 7.30. The standard InChI is InChI=1S/C10H17NO/c1-9(6-8-11)5-4-7-10(2,3)12/h6,12H,4-5,7H2,1-3H3. The summed E-state index contributed by atoms with van der Waals surface area (Å²) in [6.07, 6.45) is 4.18. The molecule has 0 fully saturated rings. The van der Waals surface area contributed by atoms with Crippen LogP contribution in [0.3, 0.4) is 0 Å². The highest BCUT2D eigenvalue weighted by atomic mass is 16.3. The van der Waals surface area contributed by atoms with Gasteiger partial charge in [0.2, 0.25) is 0 Å². The highest BCUT2D eigenvalue weighted by molar-refractivity contribution is 5.10. The Morgan fingerprint density at radius 2 is 2.17 bits per heavy atom. The van der Waals surface area contributed by atoms with Crippen molar-refractivity contribution >= 4 is 0 Å². The lowest BCUT2D eigenvalue weighted by Crippen LogP contribution is -2.17. The van der Waals surface area contributed by atoms with Crippen molar-refractivity contribution in [3.63, 3.8) is 0 Å². The maximum absolute atomic E-state index is 9.38. The molecule has 0 aliphatic carbocycles. The number of hydrogen-bond donors (Lipinski definition) is 1. The van der Waals surface area contributed by atoms with Gasteiger partial charge >= 0.3 is 0 Å². The van der Waals surface area contributed by atoms with E-state index in [2.05, 4.69) is 0 Å². The molecule has 2 nitrogen and oxygen atoms in total. The fraction of sp³-hybridized carbons (Fsp3) is 0.700. The van der Waals surface area contributed by atoms with Crippen molar-refractivity contribution in [2.45, 2.75) is 45.6 Å². The van der Waals surface area contributed by atoms with Crippen LogP contribution in [0.5, 0.6) is 0 Å². The Hall–Kier alpha value is -0.810. The summed E-state index contributed by atoms with van der Waals surface area (Å²) < 4.78 is 0. The Kier molecular flexibility index (Phi) is 4.61. The van der Waals surface area contributed by atoms with Crippen LogP contribution >= 0.6 is 0 Å². The van der Waals surface area contributed by atoms with Crippen molar-refractivity contribution in [2.24, 2.45) is 0 Å². The second-order valence-electron chi connectivity index (χ2n) is 3.79. The molecule has 0 aromatic heterocycles. The van der Waals surface area contributed by atoms with Crippen LogP contribution in [-0.2, 0) is 0 Å². The summed E-state index contributed by atoms with van der Waals surface area (Å²) in [5.74, 6) is 0. The van der Waals surface area contributed by atoms with Gasteiger partial charge in [-0.2, -0.15) is 5.26 Å². The molecule has 2 heteroatoms. The van der Waals surface area contributed by atoms with E-state index in [1.54, 1.807) is 19.9 Å². The smallest absolute Gasteiger partial charge is 0.0911 e. The van der Waals surface area contributed by atoms with Crippen LogP contribution < -0.4 is 0 Å². The number of aliphatic hydroxyl groups is 1. The monoisotopic (exact) mass is 167 g/mol. The van der Waals surface area contributed by atoms with Crippen LogP contribution in [-0.4, -0.2) is 10.7 Å². The zero-order valence-electron chi connectivity index (χ0n) is 8.09. The molecular formula is C10H17NO. The molecule has 0 atom stereocenters. The van der Waals surface area contributed by atoms with Crippen LogP contribution in [0.15, 0.2) is 11.6 Å². The minimum atomic E-state index is -0.576. The summed E-state index contributed by atoms with van der Waals surface area (Å²) >= 11 is 0. The lowest BCUT2D eigenvalue weighted by atomic mass is 9.99. The van der Waals surface area contributed by atoms with Gasteiger partial charge in [0.15, 0.2) is 0 Å². The average molecular weight is 167 g/mol. The summed E-state index contributed by atoms with van der Waals surface area (Å²) in [7, 11) is 0. The van der Waals surface area contributed by atoms with E-state index in [1.807, 2.05) is 13.0 Å². The van der Waals surface area contributed by atoms with E-state index in [1.165, 1.54) is 0 Å². The highest BCUT2D eigenvalue weighted by Crippen LogP contribution is 2.14. The quantitative estimate of drug-likeness (QED) is 0.653. The van der Waals surface area contributed by atoms with E-state index in [-0.39, 0.29) is 0 Å². The molecule has 0 saturated heterocycles. The summed E-state index contributed by atoms with van der Waals surface area (Å²) in [6, 6.07) is 1.99. The van der Waals surface area contributed by atoms with Crippen molar-refractivity contribution in [1.29, 1.82) is 5.26 Å².